The predicted molar refractivity (Wildman–Crippen MR) is 81.6 cm³/mol. The zero-order valence-corrected chi connectivity index (χ0v) is 12.3. The molecule has 1 N–H and O–H groups in total. The van der Waals surface area contributed by atoms with Crippen molar-refractivity contribution >= 4 is 17.4 Å². The molecular weight excluding hydrogens is 290 g/mol. The second-order valence-corrected chi connectivity index (χ2v) is 5.40. The van der Waals surface area contributed by atoms with Crippen molar-refractivity contribution in [3.8, 4) is 5.75 Å². The van der Waals surface area contributed by atoms with Gasteiger partial charge >= 0.3 is 5.69 Å². The van der Waals surface area contributed by atoms with Gasteiger partial charge in [-0.25, -0.2) is 0 Å². The number of aliphatic hydroxyl groups excluding tert-OH is 1. The maximum atomic E-state index is 11.0. The summed E-state index contributed by atoms with van der Waals surface area (Å²) in [4.78, 5) is 11.6. The zero-order chi connectivity index (χ0) is 15.2. The van der Waals surface area contributed by atoms with E-state index in [1.165, 1.54) is 13.2 Å². The summed E-state index contributed by atoms with van der Waals surface area (Å²) in [5.41, 5.74) is 1.70. The molecule has 0 amide bonds. The summed E-state index contributed by atoms with van der Waals surface area (Å²) in [6.07, 6.45) is 0. The number of aliphatic hydroxyl groups is 1. The van der Waals surface area contributed by atoms with Crippen LogP contribution >= 0.6 is 11.8 Å². The fraction of sp³-hybridized carbons (Fsp3) is 0.200. The molecule has 2 aromatic carbocycles. The first kappa shape index (κ1) is 15.3. The van der Waals surface area contributed by atoms with Gasteiger partial charge in [0.25, 0.3) is 0 Å². The number of benzene rings is 2. The second-order valence-electron chi connectivity index (χ2n) is 4.35. The minimum Gasteiger partial charge on any atom is -0.490 e. The third-order valence-electron chi connectivity index (χ3n) is 2.95. The lowest BCUT2D eigenvalue weighted by Gasteiger charge is -2.06. The van der Waals surface area contributed by atoms with Gasteiger partial charge in [-0.05, 0) is 29.3 Å². The van der Waals surface area contributed by atoms with E-state index < -0.39 is 4.92 Å². The average Bonchev–Trinajstić information content (AvgIpc) is 2.53. The molecule has 0 saturated carbocycles. The van der Waals surface area contributed by atoms with Gasteiger partial charge in [-0.3, -0.25) is 10.1 Å². The van der Waals surface area contributed by atoms with Crippen LogP contribution in [-0.4, -0.2) is 17.1 Å². The predicted octanol–water partition coefficient (Wildman–Crippen LogP) is 3.39. The first-order chi connectivity index (χ1) is 10.1. The number of methoxy groups -OCH3 is 1. The third-order valence-corrected chi connectivity index (χ3v) is 4.03. The molecule has 0 spiro atoms. The Morgan fingerprint density at radius 1 is 1.19 bits per heavy atom. The number of nitro groups is 1. The fourth-order valence-electron chi connectivity index (χ4n) is 1.83. The molecule has 2 rings (SSSR count). The highest BCUT2D eigenvalue weighted by molar-refractivity contribution is 7.98. The van der Waals surface area contributed by atoms with Crippen molar-refractivity contribution in [2.75, 3.05) is 7.11 Å². The number of hydrogen-bond acceptors (Lipinski definition) is 5. The van der Waals surface area contributed by atoms with E-state index in [2.05, 4.69) is 0 Å². The third kappa shape index (κ3) is 3.96. The van der Waals surface area contributed by atoms with Crippen LogP contribution in [0.25, 0.3) is 0 Å². The molecule has 0 bridgehead atoms. The molecule has 0 aliphatic rings. The summed E-state index contributed by atoms with van der Waals surface area (Å²) in [7, 11) is 1.42. The Balaban J connectivity index is 2.08. The van der Waals surface area contributed by atoms with Gasteiger partial charge in [0.2, 0.25) is 0 Å². The molecule has 5 nitrogen and oxygen atoms in total. The molecule has 2 aromatic rings. The Kier molecular flexibility index (Phi) is 5.19. The highest BCUT2D eigenvalue weighted by atomic mass is 32.2. The summed E-state index contributed by atoms with van der Waals surface area (Å²) < 4.78 is 4.98. The molecule has 0 radical (unpaired) electrons. The van der Waals surface area contributed by atoms with Gasteiger partial charge in [0.15, 0.2) is 5.75 Å². The van der Waals surface area contributed by atoms with Crippen LogP contribution in [-0.2, 0) is 12.4 Å². The number of rotatable bonds is 6. The van der Waals surface area contributed by atoms with Crippen LogP contribution in [0.2, 0.25) is 0 Å². The van der Waals surface area contributed by atoms with E-state index in [1.807, 2.05) is 30.3 Å². The minimum atomic E-state index is -0.441. The summed E-state index contributed by atoms with van der Waals surface area (Å²) >= 11 is 1.58. The summed E-state index contributed by atoms with van der Waals surface area (Å²) in [5.74, 6) is 0.893. The largest absolute Gasteiger partial charge is 0.490 e. The maximum absolute atomic E-state index is 11.0. The number of ether oxygens (including phenoxy) is 1. The van der Waals surface area contributed by atoms with Crippen LogP contribution in [0.5, 0.6) is 5.75 Å². The van der Waals surface area contributed by atoms with E-state index in [0.29, 0.717) is 5.75 Å². The number of thioether (sulfide) groups is 1. The Hall–Kier alpha value is -2.05. The second kappa shape index (κ2) is 7.10. The lowest BCUT2D eigenvalue weighted by Crippen LogP contribution is -1.95. The molecular formula is C15H15NO4S. The lowest BCUT2D eigenvalue weighted by molar-refractivity contribution is -0.385. The lowest BCUT2D eigenvalue weighted by atomic mass is 10.2. The molecule has 21 heavy (non-hydrogen) atoms. The monoisotopic (exact) mass is 305 g/mol. The summed E-state index contributed by atoms with van der Waals surface area (Å²) in [6, 6.07) is 12.5. The Labute approximate surface area is 126 Å². The average molecular weight is 305 g/mol. The first-order valence-corrected chi connectivity index (χ1v) is 7.26. The molecule has 6 heteroatoms. The molecule has 0 saturated heterocycles. The van der Waals surface area contributed by atoms with Crippen LogP contribution in [0.4, 0.5) is 5.69 Å². The van der Waals surface area contributed by atoms with Gasteiger partial charge in [0.1, 0.15) is 0 Å². The van der Waals surface area contributed by atoms with Gasteiger partial charge in [0, 0.05) is 16.7 Å². The van der Waals surface area contributed by atoms with Crippen LogP contribution < -0.4 is 4.74 Å². The molecule has 0 unspecified atom stereocenters. The van der Waals surface area contributed by atoms with Crippen molar-refractivity contribution < 1.29 is 14.8 Å². The van der Waals surface area contributed by atoms with Gasteiger partial charge < -0.3 is 9.84 Å². The maximum Gasteiger partial charge on any atom is 0.311 e. The molecule has 0 aliphatic heterocycles. The SMILES string of the molecule is COc1ccc(CSc2ccc(CO)cc2)cc1[N+](=O)[O-]. The number of nitro benzene ring substituents is 1. The zero-order valence-electron chi connectivity index (χ0n) is 11.5. The molecule has 0 aromatic heterocycles. The van der Waals surface area contributed by atoms with Gasteiger partial charge in [0.05, 0.1) is 18.6 Å². The van der Waals surface area contributed by atoms with Gasteiger partial charge in [-0.1, -0.05) is 18.2 Å². The van der Waals surface area contributed by atoms with Crippen molar-refractivity contribution in [1.82, 2.24) is 0 Å². The Bertz CT molecular complexity index is 628. The fourth-order valence-corrected chi connectivity index (χ4v) is 2.67. The van der Waals surface area contributed by atoms with Crippen molar-refractivity contribution in [1.29, 1.82) is 0 Å². The van der Waals surface area contributed by atoms with Crippen LogP contribution in [0, 0.1) is 10.1 Å². The summed E-state index contributed by atoms with van der Waals surface area (Å²) in [6.45, 7) is 0.0234. The van der Waals surface area contributed by atoms with E-state index in [-0.39, 0.29) is 18.0 Å². The minimum absolute atomic E-state index is 0.0220. The topological polar surface area (TPSA) is 72.6 Å². The van der Waals surface area contributed by atoms with E-state index >= 15 is 0 Å². The molecule has 110 valence electrons. The van der Waals surface area contributed by atoms with E-state index in [9.17, 15) is 10.1 Å². The van der Waals surface area contributed by atoms with Crippen molar-refractivity contribution in [3.05, 3.63) is 63.7 Å². The first-order valence-electron chi connectivity index (χ1n) is 6.28. The highest BCUT2D eigenvalue weighted by Gasteiger charge is 2.15. The normalized spacial score (nSPS) is 10.4. The van der Waals surface area contributed by atoms with Crippen molar-refractivity contribution in [2.45, 2.75) is 17.3 Å². The van der Waals surface area contributed by atoms with Gasteiger partial charge in [-0.15, -0.1) is 11.8 Å². The molecule has 0 fully saturated rings. The number of hydrogen-bond donors (Lipinski definition) is 1. The van der Waals surface area contributed by atoms with E-state index in [4.69, 9.17) is 9.84 Å². The van der Waals surface area contributed by atoms with E-state index in [1.54, 1.807) is 17.8 Å². The van der Waals surface area contributed by atoms with Crippen LogP contribution in [0.1, 0.15) is 11.1 Å². The van der Waals surface area contributed by atoms with Crippen LogP contribution in [0.15, 0.2) is 47.4 Å². The van der Waals surface area contributed by atoms with Crippen LogP contribution in [0.3, 0.4) is 0 Å². The molecule has 0 atom stereocenters. The van der Waals surface area contributed by atoms with Crippen molar-refractivity contribution in [2.24, 2.45) is 0 Å². The standard InChI is InChI=1S/C15H15NO4S/c1-20-15-7-4-12(8-14(15)16(18)19)10-21-13-5-2-11(9-17)3-6-13/h2-8,17H,9-10H2,1H3. The Morgan fingerprint density at radius 2 is 1.86 bits per heavy atom. The molecule has 0 aliphatic carbocycles. The smallest absolute Gasteiger partial charge is 0.311 e. The summed E-state index contributed by atoms with van der Waals surface area (Å²) in [5, 5.41) is 20.0. The van der Waals surface area contributed by atoms with Gasteiger partial charge in [-0.2, -0.15) is 0 Å². The number of nitrogens with zero attached hydrogens (tertiary/aromatic N) is 1. The highest BCUT2D eigenvalue weighted by Crippen LogP contribution is 2.30. The van der Waals surface area contributed by atoms with Crippen molar-refractivity contribution in [3.63, 3.8) is 0 Å². The van der Waals surface area contributed by atoms with E-state index in [0.717, 1.165) is 16.0 Å². The molecule has 0 heterocycles. The quantitative estimate of drug-likeness (QED) is 0.503. The Morgan fingerprint density at radius 3 is 2.43 bits per heavy atom.